The van der Waals surface area contributed by atoms with Gasteiger partial charge in [0.1, 0.15) is 11.6 Å². The standard InChI is InChI=1S/C19H21FN2O2/c1-3-12-24-18-10-6-16(7-11-18)14(2)21-22-19(23)13-15-4-8-17(20)9-5-15/h4-11H,3,12-13H2,1-2H3,(H,22,23)/b21-14-. The highest BCUT2D eigenvalue weighted by Gasteiger charge is 2.04. The Balaban J connectivity index is 1.90. The first kappa shape index (κ1) is 17.7. The van der Waals surface area contributed by atoms with Crippen molar-refractivity contribution in [3.63, 3.8) is 0 Å². The Morgan fingerprint density at radius 3 is 2.42 bits per heavy atom. The molecule has 0 radical (unpaired) electrons. The van der Waals surface area contributed by atoms with Gasteiger partial charge in [0.25, 0.3) is 0 Å². The largest absolute Gasteiger partial charge is 0.494 e. The van der Waals surface area contributed by atoms with Gasteiger partial charge in [-0.05, 0) is 60.9 Å². The minimum absolute atomic E-state index is 0.154. The molecule has 126 valence electrons. The summed E-state index contributed by atoms with van der Waals surface area (Å²) < 4.78 is 18.4. The van der Waals surface area contributed by atoms with Crippen LogP contribution in [0.4, 0.5) is 4.39 Å². The molecule has 1 N–H and O–H groups in total. The van der Waals surface area contributed by atoms with Gasteiger partial charge in [0.15, 0.2) is 0 Å². The first-order chi connectivity index (χ1) is 11.6. The molecular formula is C19H21FN2O2. The van der Waals surface area contributed by atoms with Gasteiger partial charge in [0.05, 0.1) is 18.7 Å². The molecule has 0 aliphatic carbocycles. The van der Waals surface area contributed by atoms with Gasteiger partial charge in [-0.2, -0.15) is 5.10 Å². The molecule has 0 unspecified atom stereocenters. The summed E-state index contributed by atoms with van der Waals surface area (Å²) in [5.41, 5.74) is 4.85. The van der Waals surface area contributed by atoms with Crippen LogP contribution in [-0.4, -0.2) is 18.2 Å². The van der Waals surface area contributed by atoms with Crippen molar-refractivity contribution in [3.05, 3.63) is 65.5 Å². The Kier molecular flexibility index (Phi) is 6.49. The van der Waals surface area contributed by atoms with E-state index in [2.05, 4.69) is 17.5 Å². The Labute approximate surface area is 141 Å². The molecule has 0 aliphatic rings. The number of hydrazone groups is 1. The molecule has 0 bridgehead atoms. The first-order valence-corrected chi connectivity index (χ1v) is 7.89. The molecule has 0 atom stereocenters. The highest BCUT2D eigenvalue weighted by atomic mass is 19.1. The normalized spacial score (nSPS) is 11.2. The zero-order valence-electron chi connectivity index (χ0n) is 13.9. The van der Waals surface area contributed by atoms with E-state index in [1.807, 2.05) is 31.2 Å². The first-order valence-electron chi connectivity index (χ1n) is 7.89. The van der Waals surface area contributed by atoms with E-state index in [4.69, 9.17) is 4.74 Å². The summed E-state index contributed by atoms with van der Waals surface area (Å²) in [5, 5.41) is 4.10. The number of halogens is 1. The molecule has 2 aromatic rings. The lowest BCUT2D eigenvalue weighted by atomic mass is 10.1. The number of ether oxygens (including phenoxy) is 1. The second-order valence-corrected chi connectivity index (χ2v) is 5.41. The lowest BCUT2D eigenvalue weighted by molar-refractivity contribution is -0.120. The van der Waals surface area contributed by atoms with Crippen LogP contribution in [0.25, 0.3) is 0 Å². The third-order valence-corrected chi connectivity index (χ3v) is 3.37. The van der Waals surface area contributed by atoms with Gasteiger partial charge < -0.3 is 4.74 Å². The van der Waals surface area contributed by atoms with Crippen LogP contribution in [0.15, 0.2) is 53.6 Å². The second-order valence-electron chi connectivity index (χ2n) is 5.41. The topological polar surface area (TPSA) is 50.7 Å². The minimum atomic E-state index is -0.320. The molecule has 2 aromatic carbocycles. The Morgan fingerprint density at radius 1 is 1.12 bits per heavy atom. The number of benzene rings is 2. The van der Waals surface area contributed by atoms with Crippen molar-refractivity contribution in [3.8, 4) is 5.75 Å². The van der Waals surface area contributed by atoms with Crippen molar-refractivity contribution < 1.29 is 13.9 Å². The van der Waals surface area contributed by atoms with Crippen LogP contribution >= 0.6 is 0 Å². The highest BCUT2D eigenvalue weighted by molar-refractivity contribution is 5.99. The van der Waals surface area contributed by atoms with E-state index in [9.17, 15) is 9.18 Å². The van der Waals surface area contributed by atoms with Crippen LogP contribution in [0.1, 0.15) is 31.4 Å². The van der Waals surface area contributed by atoms with Crippen molar-refractivity contribution in [1.82, 2.24) is 5.43 Å². The lowest BCUT2D eigenvalue weighted by Crippen LogP contribution is -2.21. The average Bonchev–Trinajstić information content (AvgIpc) is 2.60. The van der Waals surface area contributed by atoms with Crippen LogP contribution in [0.2, 0.25) is 0 Å². The zero-order valence-corrected chi connectivity index (χ0v) is 13.9. The molecule has 0 fully saturated rings. The maximum Gasteiger partial charge on any atom is 0.244 e. The SMILES string of the molecule is CCCOc1ccc(/C(C)=N\NC(=O)Cc2ccc(F)cc2)cc1. The van der Waals surface area contributed by atoms with Crippen molar-refractivity contribution in [2.75, 3.05) is 6.61 Å². The van der Waals surface area contributed by atoms with Crippen molar-refractivity contribution in [2.24, 2.45) is 5.10 Å². The number of hydrogen-bond donors (Lipinski definition) is 1. The number of nitrogens with one attached hydrogen (secondary N) is 1. The fourth-order valence-corrected chi connectivity index (χ4v) is 2.05. The summed E-state index contributed by atoms with van der Waals surface area (Å²) >= 11 is 0. The summed E-state index contributed by atoms with van der Waals surface area (Å²) in [6, 6.07) is 13.4. The van der Waals surface area contributed by atoms with Gasteiger partial charge in [-0.3, -0.25) is 4.79 Å². The number of carbonyl (C=O) groups is 1. The maximum absolute atomic E-state index is 12.8. The average molecular weight is 328 g/mol. The van der Waals surface area contributed by atoms with Gasteiger partial charge in [-0.25, -0.2) is 9.82 Å². The molecule has 0 spiro atoms. The number of nitrogens with zero attached hydrogens (tertiary/aromatic N) is 1. The van der Waals surface area contributed by atoms with Gasteiger partial charge >= 0.3 is 0 Å². The summed E-state index contributed by atoms with van der Waals surface area (Å²) in [4.78, 5) is 11.9. The molecule has 0 aliphatic heterocycles. The van der Waals surface area contributed by atoms with Gasteiger partial charge in [-0.1, -0.05) is 19.1 Å². The van der Waals surface area contributed by atoms with E-state index < -0.39 is 0 Å². The molecule has 0 aromatic heterocycles. The monoisotopic (exact) mass is 328 g/mol. The molecule has 0 heterocycles. The summed E-state index contributed by atoms with van der Waals surface area (Å²) in [7, 11) is 0. The van der Waals surface area contributed by atoms with Crippen molar-refractivity contribution in [1.29, 1.82) is 0 Å². The van der Waals surface area contributed by atoms with Crippen LogP contribution in [0.5, 0.6) is 5.75 Å². The zero-order chi connectivity index (χ0) is 17.4. The molecule has 1 amide bonds. The Hall–Kier alpha value is -2.69. The van der Waals surface area contributed by atoms with E-state index in [0.29, 0.717) is 12.3 Å². The third-order valence-electron chi connectivity index (χ3n) is 3.37. The number of carbonyl (C=O) groups excluding carboxylic acids is 1. The fraction of sp³-hybridized carbons (Fsp3) is 0.263. The number of hydrogen-bond acceptors (Lipinski definition) is 3. The van der Waals surface area contributed by atoms with E-state index in [0.717, 1.165) is 23.3 Å². The quantitative estimate of drug-likeness (QED) is 0.622. The van der Waals surface area contributed by atoms with Gasteiger partial charge in [0, 0.05) is 0 Å². The Bertz CT molecular complexity index is 694. The molecule has 2 rings (SSSR count). The van der Waals surface area contributed by atoms with E-state index in [1.54, 1.807) is 12.1 Å². The molecular weight excluding hydrogens is 307 g/mol. The third kappa shape index (κ3) is 5.50. The highest BCUT2D eigenvalue weighted by Crippen LogP contribution is 2.13. The molecule has 0 saturated carbocycles. The smallest absolute Gasteiger partial charge is 0.244 e. The minimum Gasteiger partial charge on any atom is -0.494 e. The lowest BCUT2D eigenvalue weighted by Gasteiger charge is -2.06. The molecule has 24 heavy (non-hydrogen) atoms. The van der Waals surface area contributed by atoms with E-state index in [-0.39, 0.29) is 18.1 Å². The van der Waals surface area contributed by atoms with Gasteiger partial charge in [-0.15, -0.1) is 0 Å². The van der Waals surface area contributed by atoms with Crippen LogP contribution in [0.3, 0.4) is 0 Å². The summed E-state index contributed by atoms with van der Waals surface area (Å²) in [5.74, 6) is 0.247. The predicted octanol–water partition coefficient (Wildman–Crippen LogP) is 3.70. The predicted molar refractivity (Wildman–Crippen MR) is 92.7 cm³/mol. The fourth-order valence-electron chi connectivity index (χ4n) is 2.05. The Morgan fingerprint density at radius 2 is 1.79 bits per heavy atom. The molecule has 4 nitrogen and oxygen atoms in total. The van der Waals surface area contributed by atoms with Gasteiger partial charge in [0.2, 0.25) is 5.91 Å². The summed E-state index contributed by atoms with van der Waals surface area (Å²) in [6.07, 6.45) is 1.11. The van der Waals surface area contributed by atoms with Crippen molar-refractivity contribution in [2.45, 2.75) is 26.7 Å². The van der Waals surface area contributed by atoms with E-state index in [1.165, 1.54) is 12.1 Å². The van der Waals surface area contributed by atoms with Crippen LogP contribution in [0, 0.1) is 5.82 Å². The second kappa shape index (κ2) is 8.82. The van der Waals surface area contributed by atoms with Crippen molar-refractivity contribution >= 4 is 11.6 Å². The van der Waals surface area contributed by atoms with Crippen LogP contribution in [-0.2, 0) is 11.2 Å². The van der Waals surface area contributed by atoms with E-state index >= 15 is 0 Å². The summed E-state index contributed by atoms with van der Waals surface area (Å²) in [6.45, 7) is 4.56. The number of amides is 1. The number of rotatable bonds is 7. The van der Waals surface area contributed by atoms with Crippen LogP contribution < -0.4 is 10.2 Å². The molecule has 0 saturated heterocycles. The maximum atomic E-state index is 12.8. The molecule has 5 heteroatoms.